The van der Waals surface area contributed by atoms with Crippen molar-refractivity contribution < 1.29 is 43.1 Å². The second-order valence-electron chi connectivity index (χ2n) is 21.0. The van der Waals surface area contributed by atoms with Crippen LogP contribution in [0.3, 0.4) is 0 Å². The molecule has 462 valence electrons. The van der Waals surface area contributed by atoms with E-state index in [1.165, 1.54) is 18.9 Å². The van der Waals surface area contributed by atoms with Crippen LogP contribution in [-0.4, -0.2) is 217 Å². The lowest BCUT2D eigenvalue weighted by Crippen LogP contribution is -2.48. The lowest BCUT2D eigenvalue weighted by molar-refractivity contribution is -0.273. The Labute approximate surface area is 496 Å². The third-order valence-electron chi connectivity index (χ3n) is 14.7. The van der Waals surface area contributed by atoms with Crippen LogP contribution in [0.4, 0.5) is 5.95 Å². The third-order valence-corrected chi connectivity index (χ3v) is 14.7. The Bertz CT molecular complexity index is 2710. The smallest absolute Gasteiger partial charge is 0.324 e. The van der Waals surface area contributed by atoms with E-state index in [9.17, 15) is 19.2 Å². The number of fused-ring (bicyclic) bond motifs is 1. The molecule has 6 N–H and O–H groups in total. The number of anilines is 1. The summed E-state index contributed by atoms with van der Waals surface area (Å²) in [4.78, 5) is 79.7. The van der Waals surface area contributed by atoms with Crippen LogP contribution >= 0.6 is 0 Å². The molecule has 0 spiro atoms. The molecule has 1 saturated heterocycles. The number of hydrogen-bond acceptors (Lipinski definition) is 18. The van der Waals surface area contributed by atoms with Gasteiger partial charge in [-0.1, -0.05) is 68.4 Å². The van der Waals surface area contributed by atoms with Gasteiger partial charge in [0.2, 0.25) is 11.3 Å². The van der Waals surface area contributed by atoms with Crippen molar-refractivity contribution in [1.82, 2.24) is 55.4 Å². The van der Waals surface area contributed by atoms with E-state index < -0.39 is 23.3 Å². The molecular formula is C62H94N12O10. The molecule has 5 aromatic rings. The van der Waals surface area contributed by atoms with E-state index >= 15 is 0 Å². The molecule has 22 heteroatoms. The number of pyridine rings is 1. The van der Waals surface area contributed by atoms with Crippen LogP contribution in [0.5, 0.6) is 0 Å². The maximum Gasteiger partial charge on any atom is 0.324 e. The number of aryl methyl sites for hydroxylation is 1. The lowest BCUT2D eigenvalue weighted by Gasteiger charge is -2.34. The summed E-state index contributed by atoms with van der Waals surface area (Å²) < 4.78 is 24.0. The number of ether oxygens (including phenoxy) is 4. The number of aromatic nitrogens is 3. The number of H-pyrrole nitrogens is 1. The van der Waals surface area contributed by atoms with Crippen LogP contribution in [0.2, 0.25) is 0 Å². The third kappa shape index (κ3) is 24.1. The molecule has 0 aliphatic carbocycles. The number of rotatable bonds is 37. The standard InChI is InChI=1S/C62H94N12O10/c1-6-24-71-26-27-72(25-7-2)30-32-74(33-31-73(29-28-71)34-37-84-80-5)48-58(75)64-21-9-36-82-39-41-83-40-38-81-35-8-20-63-43-49-10-15-52(16-11-49)53-17-12-50(13-18-53)44-67-56(61(78)79-4)46-68-60(77)55-47-70(3)57-42-51(14-19-54(57)59(55)76)45-69-62-65-22-23-66-62/h10-19,22-23,42,47,56,63,67H,6-9,20-21,24-41,43-46,48H2,1-5H3,(H,64,75)(H,68,77)(H2,65,66,69). The SMILES string of the molecule is CCCN1CCN(CCC)CCN(CC(=O)NCCCOCCOCCOCCCNCc2ccc(-c3ccc(CNC(CNC(=O)c4cn(C)c5cc(CNc6ncc[nH]6)ccc5c4=O)C(=O)OC)cc3)cc2)CCN(CCOOC)CC1. The molecule has 3 aromatic carbocycles. The van der Waals surface area contributed by atoms with Gasteiger partial charge in [-0.2, -0.15) is 0 Å². The van der Waals surface area contributed by atoms with Crippen LogP contribution in [0.15, 0.2) is 90.1 Å². The highest BCUT2D eigenvalue weighted by Crippen LogP contribution is 2.21. The van der Waals surface area contributed by atoms with Crippen molar-refractivity contribution >= 4 is 34.6 Å². The molecular weight excluding hydrogens is 1070 g/mol. The first-order valence-electron chi connectivity index (χ1n) is 30.0. The van der Waals surface area contributed by atoms with E-state index in [0.29, 0.717) is 89.3 Å². The van der Waals surface area contributed by atoms with Crippen molar-refractivity contribution in [3.05, 3.63) is 118 Å². The molecule has 1 fully saturated rings. The molecule has 22 nitrogen and oxygen atoms in total. The van der Waals surface area contributed by atoms with E-state index in [1.54, 1.807) is 37.2 Å². The minimum Gasteiger partial charge on any atom is -0.468 e. The predicted octanol–water partition coefficient (Wildman–Crippen LogP) is 4.26. The first kappa shape index (κ1) is 67.0. The highest BCUT2D eigenvalue weighted by molar-refractivity contribution is 5.97. The average Bonchev–Trinajstić information content (AvgIpc) is 4.18. The van der Waals surface area contributed by atoms with Crippen LogP contribution < -0.4 is 32.0 Å². The Morgan fingerprint density at radius 2 is 1.23 bits per heavy atom. The van der Waals surface area contributed by atoms with Crippen molar-refractivity contribution in [2.24, 2.45) is 7.05 Å². The van der Waals surface area contributed by atoms with Gasteiger partial charge in [0, 0.05) is 136 Å². The Morgan fingerprint density at radius 3 is 1.81 bits per heavy atom. The molecule has 2 amide bonds. The fourth-order valence-corrected chi connectivity index (χ4v) is 9.91. The molecule has 2 aromatic heterocycles. The normalized spacial score (nSPS) is 14.7. The lowest BCUT2D eigenvalue weighted by atomic mass is 10.0. The number of carbonyl (C=O) groups excluding carboxylic acids is 3. The fourth-order valence-electron chi connectivity index (χ4n) is 9.91. The van der Waals surface area contributed by atoms with Gasteiger partial charge in [-0.3, -0.25) is 34.3 Å². The number of imidazole rings is 1. The van der Waals surface area contributed by atoms with Gasteiger partial charge in [0.15, 0.2) is 5.95 Å². The van der Waals surface area contributed by atoms with Crippen molar-refractivity contribution in [3.63, 3.8) is 0 Å². The quantitative estimate of drug-likeness (QED) is 0.0141. The van der Waals surface area contributed by atoms with Gasteiger partial charge >= 0.3 is 5.97 Å². The Hall–Kier alpha value is -6.15. The van der Waals surface area contributed by atoms with E-state index in [2.05, 4.69) is 94.3 Å². The first-order valence-corrected chi connectivity index (χ1v) is 30.0. The van der Waals surface area contributed by atoms with E-state index in [0.717, 1.165) is 133 Å². The highest BCUT2D eigenvalue weighted by atomic mass is 17.2. The average molecular weight is 1170 g/mol. The van der Waals surface area contributed by atoms with Crippen LogP contribution in [0.25, 0.3) is 22.0 Å². The summed E-state index contributed by atoms with van der Waals surface area (Å²) in [6.45, 7) is 22.0. The summed E-state index contributed by atoms with van der Waals surface area (Å²) >= 11 is 0. The summed E-state index contributed by atoms with van der Waals surface area (Å²) in [6.07, 6.45) is 8.79. The van der Waals surface area contributed by atoms with Crippen molar-refractivity contribution in [2.45, 2.75) is 65.2 Å². The minimum atomic E-state index is -0.850. The molecule has 1 unspecified atom stereocenters. The van der Waals surface area contributed by atoms with Gasteiger partial charge in [-0.25, -0.2) is 14.8 Å². The number of methoxy groups -OCH3 is 1. The summed E-state index contributed by atoms with van der Waals surface area (Å²) in [5.74, 6) is -0.429. The summed E-state index contributed by atoms with van der Waals surface area (Å²) in [6, 6.07) is 21.1. The summed E-state index contributed by atoms with van der Waals surface area (Å²) in [5, 5.41) is 16.2. The monoisotopic (exact) mass is 1170 g/mol. The zero-order valence-corrected chi connectivity index (χ0v) is 50.4. The van der Waals surface area contributed by atoms with Gasteiger partial charge < -0.3 is 59.6 Å². The summed E-state index contributed by atoms with van der Waals surface area (Å²) in [7, 11) is 4.63. The first-order chi connectivity index (χ1) is 41.1. The van der Waals surface area contributed by atoms with Gasteiger partial charge in [-0.15, -0.1) is 0 Å². The minimum absolute atomic E-state index is 0.0230. The Kier molecular flexibility index (Phi) is 30.9. The number of nitrogens with zero attached hydrogens (tertiary/aromatic N) is 6. The molecule has 0 bridgehead atoms. The molecule has 84 heavy (non-hydrogen) atoms. The van der Waals surface area contributed by atoms with Gasteiger partial charge in [0.05, 0.1) is 59.3 Å². The molecule has 6 rings (SSSR count). The predicted molar refractivity (Wildman–Crippen MR) is 328 cm³/mol. The molecule has 1 atom stereocenters. The van der Waals surface area contributed by atoms with Crippen molar-refractivity contribution in [3.8, 4) is 11.1 Å². The van der Waals surface area contributed by atoms with E-state index in [4.69, 9.17) is 28.7 Å². The molecule has 0 saturated carbocycles. The van der Waals surface area contributed by atoms with Gasteiger partial charge in [-0.05, 0) is 85.3 Å². The largest absolute Gasteiger partial charge is 0.468 e. The zero-order valence-electron chi connectivity index (χ0n) is 50.4. The number of nitrogens with one attached hydrogen (secondary N) is 6. The summed E-state index contributed by atoms with van der Waals surface area (Å²) in [5.41, 5.74) is 5.47. The van der Waals surface area contributed by atoms with Crippen molar-refractivity contribution in [1.29, 1.82) is 0 Å². The second kappa shape index (κ2) is 38.7. The molecule has 3 heterocycles. The number of aromatic amines is 1. The van der Waals surface area contributed by atoms with Crippen molar-refractivity contribution in [2.75, 3.05) is 164 Å². The van der Waals surface area contributed by atoms with Crippen LogP contribution in [0, 0.1) is 0 Å². The molecule has 1 aliphatic heterocycles. The van der Waals surface area contributed by atoms with E-state index in [-0.39, 0.29) is 18.0 Å². The number of carbonyl (C=O) groups is 3. The Morgan fingerprint density at radius 1 is 0.655 bits per heavy atom. The van der Waals surface area contributed by atoms with Gasteiger partial charge in [0.1, 0.15) is 11.6 Å². The fraction of sp³-hybridized carbons (Fsp3) is 0.565. The van der Waals surface area contributed by atoms with Crippen LogP contribution in [0.1, 0.15) is 66.6 Å². The van der Waals surface area contributed by atoms with Crippen LogP contribution in [-0.2, 0) is 65.0 Å². The second-order valence-corrected chi connectivity index (χ2v) is 21.0. The number of esters is 1. The topological polar surface area (TPSA) is 230 Å². The maximum atomic E-state index is 13.5. The van der Waals surface area contributed by atoms with Gasteiger partial charge in [0.25, 0.3) is 5.91 Å². The number of amides is 2. The number of benzene rings is 3. The highest BCUT2D eigenvalue weighted by Gasteiger charge is 2.23. The zero-order chi connectivity index (χ0) is 59.6. The molecule has 1 aliphatic rings. The number of hydrogen-bond donors (Lipinski definition) is 6. The Balaban J connectivity index is 0.781. The maximum absolute atomic E-state index is 13.5. The molecule has 0 radical (unpaired) electrons. The van der Waals surface area contributed by atoms with E-state index in [1.807, 2.05) is 36.4 Å².